The summed E-state index contributed by atoms with van der Waals surface area (Å²) < 4.78 is 7.52. The van der Waals surface area contributed by atoms with Crippen molar-refractivity contribution in [1.29, 1.82) is 0 Å². The van der Waals surface area contributed by atoms with Crippen LogP contribution >= 0.6 is 11.8 Å². The molecule has 1 N–H and O–H groups in total. The summed E-state index contributed by atoms with van der Waals surface area (Å²) in [6.45, 7) is 3.86. The van der Waals surface area contributed by atoms with E-state index >= 15 is 0 Å². The zero-order chi connectivity index (χ0) is 21.6. The number of aromatic nitrogens is 2. The number of nitrogens with one attached hydrogen (secondary N) is 1. The molecule has 0 saturated carbocycles. The number of hydrogen-bond acceptors (Lipinski definition) is 5. The molecule has 2 aromatic carbocycles. The molecule has 0 unspecified atom stereocenters. The molecule has 1 fully saturated rings. The Balaban J connectivity index is 1.70. The first-order valence-corrected chi connectivity index (χ1v) is 11.8. The number of carbonyl (C=O) groups excluding carboxylic acids is 1. The Morgan fingerprint density at radius 1 is 1.26 bits per heavy atom. The summed E-state index contributed by atoms with van der Waals surface area (Å²) in [6, 6.07) is 15.2. The highest BCUT2D eigenvalue weighted by Crippen LogP contribution is 2.24. The molecule has 1 aromatic heterocycles. The van der Waals surface area contributed by atoms with Gasteiger partial charge in [-0.1, -0.05) is 49.0 Å². The molecular weight excluding hydrogens is 410 g/mol. The van der Waals surface area contributed by atoms with Crippen molar-refractivity contribution in [2.45, 2.75) is 49.7 Å². The Morgan fingerprint density at radius 2 is 2.10 bits per heavy atom. The van der Waals surface area contributed by atoms with E-state index in [1.165, 1.54) is 17.3 Å². The van der Waals surface area contributed by atoms with Gasteiger partial charge in [0.1, 0.15) is 0 Å². The van der Waals surface area contributed by atoms with Crippen LogP contribution in [-0.4, -0.2) is 34.7 Å². The summed E-state index contributed by atoms with van der Waals surface area (Å²) in [4.78, 5) is 30.5. The van der Waals surface area contributed by atoms with Gasteiger partial charge in [0, 0.05) is 24.5 Å². The van der Waals surface area contributed by atoms with E-state index in [2.05, 4.69) is 17.4 Å². The number of hydrogen-bond donors (Lipinski definition) is 1. The van der Waals surface area contributed by atoms with Crippen LogP contribution in [0.5, 0.6) is 0 Å². The minimum absolute atomic E-state index is 0.0344. The highest BCUT2D eigenvalue weighted by molar-refractivity contribution is 7.98. The predicted molar refractivity (Wildman–Crippen MR) is 124 cm³/mol. The van der Waals surface area contributed by atoms with Crippen LogP contribution in [0.1, 0.15) is 42.1 Å². The second kappa shape index (κ2) is 10.1. The number of ether oxygens (including phenoxy) is 1. The maximum atomic E-state index is 13.4. The Hall–Kier alpha value is -2.64. The van der Waals surface area contributed by atoms with Crippen molar-refractivity contribution in [3.05, 3.63) is 70.0 Å². The van der Waals surface area contributed by atoms with E-state index in [0.29, 0.717) is 40.5 Å². The van der Waals surface area contributed by atoms with Crippen LogP contribution in [0, 0.1) is 0 Å². The molecule has 4 rings (SSSR count). The molecule has 2 heterocycles. The van der Waals surface area contributed by atoms with Crippen molar-refractivity contribution in [3.8, 4) is 0 Å². The number of nitrogens with zero attached hydrogens (tertiary/aromatic N) is 2. The molecule has 7 heteroatoms. The zero-order valence-corrected chi connectivity index (χ0v) is 18.5. The molecule has 6 nitrogen and oxygen atoms in total. The number of rotatable bonds is 8. The van der Waals surface area contributed by atoms with Gasteiger partial charge in [0.15, 0.2) is 5.16 Å². The number of benzene rings is 2. The van der Waals surface area contributed by atoms with Crippen molar-refractivity contribution in [2.24, 2.45) is 0 Å². The van der Waals surface area contributed by atoms with Crippen LogP contribution in [-0.2, 0) is 17.0 Å². The monoisotopic (exact) mass is 437 g/mol. The van der Waals surface area contributed by atoms with Crippen LogP contribution in [0.2, 0.25) is 0 Å². The van der Waals surface area contributed by atoms with Crippen molar-refractivity contribution in [3.63, 3.8) is 0 Å². The minimum Gasteiger partial charge on any atom is -0.376 e. The third-order valence-corrected chi connectivity index (χ3v) is 6.39. The molecular formula is C24H27N3O3S. The number of fused-ring (bicyclic) bond motifs is 1. The molecule has 1 aliphatic rings. The lowest BCUT2D eigenvalue weighted by Crippen LogP contribution is -2.29. The smallest absolute Gasteiger partial charge is 0.262 e. The molecule has 1 amide bonds. The number of thioether (sulfide) groups is 1. The van der Waals surface area contributed by atoms with Gasteiger partial charge in [0.2, 0.25) is 0 Å². The third kappa shape index (κ3) is 5.17. The minimum atomic E-state index is -0.146. The SMILES string of the molecule is CCCNC(=O)c1ccc2c(=O)n(C[C@@H]3CCCO3)c(SCc3ccccc3)nc2c1. The Bertz CT molecular complexity index is 1110. The molecule has 0 bridgehead atoms. The molecule has 3 aromatic rings. The van der Waals surface area contributed by atoms with E-state index in [-0.39, 0.29) is 17.6 Å². The molecule has 0 radical (unpaired) electrons. The van der Waals surface area contributed by atoms with E-state index in [0.717, 1.165) is 25.9 Å². The van der Waals surface area contributed by atoms with Crippen molar-refractivity contribution >= 4 is 28.6 Å². The second-order valence-electron chi connectivity index (χ2n) is 7.71. The van der Waals surface area contributed by atoms with Crippen LogP contribution in [0.15, 0.2) is 58.5 Å². The normalized spacial score (nSPS) is 16.0. The molecule has 0 spiro atoms. The van der Waals surface area contributed by atoms with Crippen LogP contribution in [0.25, 0.3) is 10.9 Å². The highest BCUT2D eigenvalue weighted by Gasteiger charge is 2.21. The lowest BCUT2D eigenvalue weighted by atomic mass is 10.1. The van der Waals surface area contributed by atoms with Crippen LogP contribution < -0.4 is 10.9 Å². The average Bonchev–Trinajstić information content (AvgIpc) is 3.32. The first-order chi connectivity index (χ1) is 15.2. The fraction of sp³-hybridized carbons (Fsp3) is 0.375. The standard InChI is InChI=1S/C24H27N3O3S/c1-2-12-25-22(28)18-10-11-20-21(14-18)26-24(31-16-17-7-4-3-5-8-17)27(23(20)29)15-19-9-6-13-30-19/h3-5,7-8,10-11,14,19H,2,6,9,12-13,15-16H2,1H3,(H,25,28)/t19-/m0/s1. The van der Waals surface area contributed by atoms with Gasteiger partial charge in [-0.3, -0.25) is 14.2 Å². The van der Waals surface area contributed by atoms with Crippen molar-refractivity contribution in [2.75, 3.05) is 13.2 Å². The lowest BCUT2D eigenvalue weighted by Gasteiger charge is -2.17. The van der Waals surface area contributed by atoms with E-state index in [4.69, 9.17) is 9.72 Å². The summed E-state index contributed by atoms with van der Waals surface area (Å²) in [5.41, 5.74) is 2.15. The largest absolute Gasteiger partial charge is 0.376 e. The van der Waals surface area contributed by atoms with Gasteiger partial charge in [0.25, 0.3) is 11.5 Å². The molecule has 0 aliphatic carbocycles. The highest BCUT2D eigenvalue weighted by atomic mass is 32.2. The maximum Gasteiger partial charge on any atom is 0.262 e. The summed E-state index contributed by atoms with van der Waals surface area (Å²) in [7, 11) is 0. The van der Waals surface area contributed by atoms with Gasteiger partial charge in [-0.05, 0) is 43.0 Å². The number of amides is 1. The van der Waals surface area contributed by atoms with Gasteiger partial charge < -0.3 is 10.1 Å². The molecule has 1 atom stereocenters. The first kappa shape index (κ1) is 21.6. The number of carbonyl (C=O) groups is 1. The van der Waals surface area contributed by atoms with Gasteiger partial charge >= 0.3 is 0 Å². The van der Waals surface area contributed by atoms with Crippen molar-refractivity contribution < 1.29 is 9.53 Å². The Kier molecular flexibility index (Phi) is 7.04. The summed E-state index contributed by atoms with van der Waals surface area (Å²) in [6.07, 6.45) is 2.87. The summed E-state index contributed by atoms with van der Waals surface area (Å²) >= 11 is 1.54. The molecule has 31 heavy (non-hydrogen) atoms. The van der Waals surface area contributed by atoms with E-state index in [9.17, 15) is 9.59 Å². The van der Waals surface area contributed by atoms with E-state index in [1.807, 2.05) is 25.1 Å². The van der Waals surface area contributed by atoms with Crippen molar-refractivity contribution in [1.82, 2.24) is 14.9 Å². The fourth-order valence-electron chi connectivity index (χ4n) is 3.67. The molecule has 1 aliphatic heterocycles. The topological polar surface area (TPSA) is 73.2 Å². The molecule has 162 valence electrons. The van der Waals surface area contributed by atoms with E-state index in [1.54, 1.807) is 22.8 Å². The van der Waals surface area contributed by atoms with Crippen LogP contribution in [0.4, 0.5) is 0 Å². The Labute approximate surface area is 186 Å². The third-order valence-electron chi connectivity index (χ3n) is 5.34. The van der Waals surface area contributed by atoms with E-state index < -0.39 is 0 Å². The first-order valence-electron chi connectivity index (χ1n) is 10.8. The summed E-state index contributed by atoms with van der Waals surface area (Å²) in [5.74, 6) is 0.564. The predicted octanol–water partition coefficient (Wildman–Crippen LogP) is 4.01. The lowest BCUT2D eigenvalue weighted by molar-refractivity contribution is 0.0937. The summed E-state index contributed by atoms with van der Waals surface area (Å²) in [5, 5.41) is 4.05. The van der Waals surface area contributed by atoms with Gasteiger partial charge in [-0.15, -0.1) is 0 Å². The zero-order valence-electron chi connectivity index (χ0n) is 17.7. The quantitative estimate of drug-likeness (QED) is 0.426. The second-order valence-corrected chi connectivity index (χ2v) is 8.65. The Morgan fingerprint density at radius 3 is 2.84 bits per heavy atom. The fourth-order valence-corrected chi connectivity index (χ4v) is 4.63. The average molecular weight is 438 g/mol. The van der Waals surface area contributed by atoms with Gasteiger partial charge in [-0.25, -0.2) is 4.98 Å². The molecule has 1 saturated heterocycles. The van der Waals surface area contributed by atoms with Gasteiger partial charge in [-0.2, -0.15) is 0 Å². The van der Waals surface area contributed by atoms with Crippen LogP contribution in [0.3, 0.4) is 0 Å². The van der Waals surface area contributed by atoms with Gasteiger partial charge in [0.05, 0.1) is 23.6 Å². The maximum absolute atomic E-state index is 13.4.